The predicted molar refractivity (Wildman–Crippen MR) is 71.9 cm³/mol. The number of rotatable bonds is 4. The van der Waals surface area contributed by atoms with Crippen LogP contribution in [-0.4, -0.2) is 36.0 Å². The Labute approximate surface area is 117 Å². The minimum Gasteiger partial charge on any atom is -0.464 e. The topological polar surface area (TPSA) is 85.8 Å². The molecular formula is C14H20N2O4. The molecule has 1 aliphatic rings. The fourth-order valence-electron chi connectivity index (χ4n) is 2.40. The summed E-state index contributed by atoms with van der Waals surface area (Å²) in [5.41, 5.74) is 5.46. The Morgan fingerprint density at radius 1 is 1.45 bits per heavy atom. The SMILES string of the molecule is CCOC(=O)C1CCCCN1C(=O)c1ccc(CN)o1. The molecule has 1 aromatic rings. The van der Waals surface area contributed by atoms with Gasteiger partial charge in [-0.3, -0.25) is 4.79 Å². The van der Waals surface area contributed by atoms with Gasteiger partial charge in [-0.05, 0) is 38.3 Å². The van der Waals surface area contributed by atoms with E-state index in [4.69, 9.17) is 14.9 Å². The van der Waals surface area contributed by atoms with Gasteiger partial charge in [-0.15, -0.1) is 0 Å². The molecule has 1 saturated heterocycles. The molecule has 2 rings (SSSR count). The van der Waals surface area contributed by atoms with Crippen molar-refractivity contribution in [2.45, 2.75) is 38.8 Å². The zero-order valence-electron chi connectivity index (χ0n) is 11.6. The van der Waals surface area contributed by atoms with Gasteiger partial charge in [-0.25, -0.2) is 4.79 Å². The van der Waals surface area contributed by atoms with Gasteiger partial charge in [-0.1, -0.05) is 0 Å². The average Bonchev–Trinajstić information content (AvgIpc) is 2.95. The largest absolute Gasteiger partial charge is 0.464 e. The highest BCUT2D eigenvalue weighted by Gasteiger charge is 2.34. The Morgan fingerprint density at radius 3 is 2.90 bits per heavy atom. The number of piperidine rings is 1. The van der Waals surface area contributed by atoms with Gasteiger partial charge < -0.3 is 19.8 Å². The van der Waals surface area contributed by atoms with E-state index in [2.05, 4.69) is 0 Å². The second-order valence-corrected chi connectivity index (χ2v) is 4.73. The van der Waals surface area contributed by atoms with E-state index in [0.717, 1.165) is 12.8 Å². The summed E-state index contributed by atoms with van der Waals surface area (Å²) in [6.07, 6.45) is 2.43. The lowest BCUT2D eigenvalue weighted by molar-refractivity contribution is -0.149. The van der Waals surface area contributed by atoms with E-state index in [1.807, 2.05) is 0 Å². The first kappa shape index (κ1) is 14.6. The second kappa shape index (κ2) is 6.56. The van der Waals surface area contributed by atoms with Gasteiger partial charge in [0, 0.05) is 6.54 Å². The standard InChI is InChI=1S/C14H20N2O4/c1-2-19-14(18)11-5-3-4-8-16(11)13(17)12-7-6-10(9-15)20-12/h6-7,11H,2-5,8-9,15H2,1H3. The molecule has 0 aromatic carbocycles. The molecule has 2 N–H and O–H groups in total. The van der Waals surface area contributed by atoms with Crippen molar-refractivity contribution >= 4 is 11.9 Å². The Morgan fingerprint density at radius 2 is 2.25 bits per heavy atom. The van der Waals surface area contributed by atoms with Crippen LogP contribution in [0.3, 0.4) is 0 Å². The summed E-state index contributed by atoms with van der Waals surface area (Å²) in [5, 5.41) is 0. The van der Waals surface area contributed by atoms with Crippen molar-refractivity contribution in [3.8, 4) is 0 Å². The minimum absolute atomic E-state index is 0.224. The van der Waals surface area contributed by atoms with Gasteiger partial charge in [0.05, 0.1) is 13.2 Å². The number of carbonyl (C=O) groups excluding carboxylic acids is 2. The molecule has 1 atom stereocenters. The number of hydrogen-bond donors (Lipinski definition) is 1. The van der Waals surface area contributed by atoms with Gasteiger partial charge in [0.2, 0.25) is 0 Å². The summed E-state index contributed by atoms with van der Waals surface area (Å²) in [4.78, 5) is 25.9. The van der Waals surface area contributed by atoms with E-state index in [-0.39, 0.29) is 24.2 Å². The summed E-state index contributed by atoms with van der Waals surface area (Å²) in [6.45, 7) is 2.86. The van der Waals surface area contributed by atoms with Crippen molar-refractivity contribution in [2.24, 2.45) is 5.73 Å². The van der Waals surface area contributed by atoms with Crippen molar-refractivity contribution in [1.82, 2.24) is 4.90 Å². The molecule has 1 unspecified atom stereocenters. The molecule has 1 fully saturated rings. The van der Waals surface area contributed by atoms with Gasteiger partial charge in [0.15, 0.2) is 5.76 Å². The Kier molecular flexibility index (Phi) is 4.79. The molecule has 0 spiro atoms. The Bertz CT molecular complexity index is 483. The van der Waals surface area contributed by atoms with Crippen molar-refractivity contribution in [2.75, 3.05) is 13.2 Å². The third kappa shape index (κ3) is 3.01. The number of nitrogens with two attached hydrogens (primary N) is 1. The monoisotopic (exact) mass is 280 g/mol. The lowest BCUT2D eigenvalue weighted by Crippen LogP contribution is -2.48. The van der Waals surface area contributed by atoms with Crippen LogP contribution in [0.2, 0.25) is 0 Å². The van der Waals surface area contributed by atoms with E-state index >= 15 is 0 Å². The van der Waals surface area contributed by atoms with Crippen molar-refractivity contribution in [3.63, 3.8) is 0 Å². The molecule has 0 aliphatic carbocycles. The molecule has 20 heavy (non-hydrogen) atoms. The first-order valence-corrected chi connectivity index (χ1v) is 6.93. The number of ether oxygens (including phenoxy) is 1. The first-order valence-electron chi connectivity index (χ1n) is 6.93. The molecule has 1 aliphatic heterocycles. The van der Waals surface area contributed by atoms with Crippen molar-refractivity contribution in [1.29, 1.82) is 0 Å². The molecule has 1 aromatic heterocycles. The highest BCUT2D eigenvalue weighted by Crippen LogP contribution is 2.21. The summed E-state index contributed by atoms with van der Waals surface area (Å²) in [7, 11) is 0. The smallest absolute Gasteiger partial charge is 0.328 e. The van der Waals surface area contributed by atoms with Crippen molar-refractivity contribution < 1.29 is 18.7 Å². The van der Waals surface area contributed by atoms with Crippen molar-refractivity contribution in [3.05, 3.63) is 23.7 Å². The third-order valence-electron chi connectivity index (χ3n) is 3.40. The lowest BCUT2D eigenvalue weighted by atomic mass is 10.0. The van der Waals surface area contributed by atoms with Crippen LogP contribution < -0.4 is 5.73 Å². The third-order valence-corrected chi connectivity index (χ3v) is 3.40. The van der Waals surface area contributed by atoms with Crippen LogP contribution in [-0.2, 0) is 16.1 Å². The number of carbonyl (C=O) groups is 2. The number of amides is 1. The van der Waals surface area contributed by atoms with Gasteiger partial charge in [0.1, 0.15) is 11.8 Å². The molecule has 110 valence electrons. The fourth-order valence-corrected chi connectivity index (χ4v) is 2.40. The molecule has 1 amide bonds. The summed E-state index contributed by atoms with van der Waals surface area (Å²) < 4.78 is 10.4. The number of esters is 1. The van der Waals surface area contributed by atoms with Crippen LogP contribution in [0.5, 0.6) is 0 Å². The summed E-state index contributed by atoms with van der Waals surface area (Å²) in [5.74, 6) is 0.160. The van der Waals surface area contributed by atoms with Crippen LogP contribution in [0.1, 0.15) is 42.5 Å². The second-order valence-electron chi connectivity index (χ2n) is 4.73. The van der Waals surface area contributed by atoms with Crippen LogP contribution >= 0.6 is 0 Å². The average molecular weight is 280 g/mol. The van der Waals surface area contributed by atoms with Gasteiger partial charge in [-0.2, -0.15) is 0 Å². The molecule has 0 bridgehead atoms. The number of furan rings is 1. The molecule has 2 heterocycles. The molecule has 6 heteroatoms. The normalized spacial score (nSPS) is 18.9. The predicted octanol–water partition coefficient (Wildman–Crippen LogP) is 1.30. The van der Waals surface area contributed by atoms with E-state index < -0.39 is 6.04 Å². The number of hydrogen-bond acceptors (Lipinski definition) is 5. The maximum absolute atomic E-state index is 12.4. The summed E-state index contributed by atoms with van der Waals surface area (Å²) in [6, 6.07) is 2.76. The van der Waals surface area contributed by atoms with E-state index in [0.29, 0.717) is 25.3 Å². The van der Waals surface area contributed by atoms with E-state index in [9.17, 15) is 9.59 Å². The highest BCUT2D eigenvalue weighted by atomic mass is 16.5. The lowest BCUT2D eigenvalue weighted by Gasteiger charge is -2.33. The van der Waals surface area contributed by atoms with E-state index in [1.165, 1.54) is 0 Å². The molecule has 6 nitrogen and oxygen atoms in total. The highest BCUT2D eigenvalue weighted by molar-refractivity contribution is 5.94. The quantitative estimate of drug-likeness (QED) is 0.840. The molecule has 0 radical (unpaired) electrons. The van der Waals surface area contributed by atoms with Crippen LogP contribution in [0.25, 0.3) is 0 Å². The Hall–Kier alpha value is -1.82. The Balaban J connectivity index is 2.14. The number of likely N-dealkylation sites (tertiary alicyclic amines) is 1. The fraction of sp³-hybridized carbons (Fsp3) is 0.571. The number of nitrogens with zero attached hydrogens (tertiary/aromatic N) is 1. The van der Waals surface area contributed by atoms with Gasteiger partial charge in [0.25, 0.3) is 5.91 Å². The zero-order valence-corrected chi connectivity index (χ0v) is 11.6. The molecule has 0 saturated carbocycles. The first-order chi connectivity index (χ1) is 9.67. The van der Waals surface area contributed by atoms with Gasteiger partial charge >= 0.3 is 5.97 Å². The van der Waals surface area contributed by atoms with Crippen LogP contribution in [0, 0.1) is 0 Å². The minimum atomic E-state index is -0.511. The molecular weight excluding hydrogens is 260 g/mol. The maximum Gasteiger partial charge on any atom is 0.328 e. The van der Waals surface area contributed by atoms with Crippen LogP contribution in [0.4, 0.5) is 0 Å². The maximum atomic E-state index is 12.4. The van der Waals surface area contributed by atoms with Crippen LogP contribution in [0.15, 0.2) is 16.5 Å². The summed E-state index contributed by atoms with van der Waals surface area (Å²) >= 11 is 0. The zero-order chi connectivity index (χ0) is 14.5. The van der Waals surface area contributed by atoms with E-state index in [1.54, 1.807) is 24.0 Å².